The molecule has 0 aliphatic heterocycles. The van der Waals surface area contributed by atoms with Gasteiger partial charge in [0.05, 0.1) is 0 Å². The summed E-state index contributed by atoms with van der Waals surface area (Å²) in [6, 6.07) is 10.5. The number of nitrogens with zero attached hydrogens (tertiary/aromatic N) is 2. The zero-order valence-electron chi connectivity index (χ0n) is 15.4. The molecule has 0 fully saturated rings. The van der Waals surface area contributed by atoms with Crippen molar-refractivity contribution in [3.05, 3.63) is 30.3 Å². The molecule has 0 aliphatic rings. The van der Waals surface area contributed by atoms with Crippen molar-refractivity contribution in [2.24, 2.45) is 4.99 Å². The fourth-order valence-electron chi connectivity index (χ4n) is 2.19. The van der Waals surface area contributed by atoms with Crippen LogP contribution in [0.1, 0.15) is 13.3 Å². The predicted molar refractivity (Wildman–Crippen MR) is 105 cm³/mol. The summed E-state index contributed by atoms with van der Waals surface area (Å²) < 4.78 is 5.08. The Balaban J connectivity index is 2.18. The van der Waals surface area contributed by atoms with Gasteiger partial charge in [-0.25, -0.2) is 0 Å². The number of nitrogens with one attached hydrogen (secondary N) is 2. The van der Waals surface area contributed by atoms with Crippen molar-refractivity contribution in [1.82, 2.24) is 15.5 Å². The monoisotopic (exact) mass is 352 g/mol. The minimum atomic E-state index is 0.475. The number of benzene rings is 1. The van der Waals surface area contributed by atoms with Crippen molar-refractivity contribution in [3.63, 3.8) is 0 Å². The highest BCUT2D eigenvalue weighted by Gasteiger charge is 2.06. The molecule has 24 heavy (non-hydrogen) atoms. The summed E-state index contributed by atoms with van der Waals surface area (Å²) in [4.78, 5) is 7.88. The Hall–Kier alpha value is -1.24. The third-order valence-electron chi connectivity index (χ3n) is 3.54. The first-order valence-electron chi connectivity index (χ1n) is 8.49. The summed E-state index contributed by atoms with van der Waals surface area (Å²) in [6.07, 6.45) is 1.06. The van der Waals surface area contributed by atoms with Crippen LogP contribution < -0.4 is 10.6 Å². The maximum absolute atomic E-state index is 5.08. The maximum Gasteiger partial charge on any atom is 0.191 e. The summed E-state index contributed by atoms with van der Waals surface area (Å²) in [5, 5.41) is 7.24. The van der Waals surface area contributed by atoms with E-state index < -0.39 is 0 Å². The molecule has 0 bridgehead atoms. The van der Waals surface area contributed by atoms with E-state index >= 15 is 0 Å². The zero-order chi connectivity index (χ0) is 17.6. The number of hydrogen-bond donors (Lipinski definition) is 2. The normalized spacial score (nSPS) is 13.1. The molecule has 0 saturated carbocycles. The van der Waals surface area contributed by atoms with Gasteiger partial charge in [0, 0.05) is 57.1 Å². The number of guanidine groups is 1. The van der Waals surface area contributed by atoms with E-state index in [2.05, 4.69) is 58.8 Å². The Kier molecular flexibility index (Phi) is 11.4. The SMILES string of the molecule is CN=C(NCCN(C)CCCOC)NCC(C)Sc1ccccc1. The van der Waals surface area contributed by atoms with Crippen LogP contribution in [0.5, 0.6) is 0 Å². The van der Waals surface area contributed by atoms with Gasteiger partial charge in [0.25, 0.3) is 0 Å². The second kappa shape index (κ2) is 13.1. The predicted octanol–water partition coefficient (Wildman–Crippen LogP) is 2.30. The number of rotatable bonds is 11. The van der Waals surface area contributed by atoms with Gasteiger partial charge < -0.3 is 20.3 Å². The van der Waals surface area contributed by atoms with Gasteiger partial charge in [0.15, 0.2) is 5.96 Å². The highest BCUT2D eigenvalue weighted by atomic mass is 32.2. The van der Waals surface area contributed by atoms with Gasteiger partial charge in [-0.15, -0.1) is 11.8 Å². The van der Waals surface area contributed by atoms with Gasteiger partial charge >= 0.3 is 0 Å². The molecule has 1 aromatic carbocycles. The lowest BCUT2D eigenvalue weighted by Crippen LogP contribution is -2.42. The highest BCUT2D eigenvalue weighted by Crippen LogP contribution is 2.21. The van der Waals surface area contributed by atoms with E-state index in [0.29, 0.717) is 5.25 Å². The van der Waals surface area contributed by atoms with Gasteiger partial charge in [-0.05, 0) is 25.6 Å². The number of ether oxygens (including phenoxy) is 1. The van der Waals surface area contributed by atoms with Crippen LogP contribution in [0, 0.1) is 0 Å². The zero-order valence-corrected chi connectivity index (χ0v) is 16.2. The fraction of sp³-hybridized carbons (Fsp3) is 0.611. The molecule has 0 heterocycles. The average Bonchev–Trinajstić information content (AvgIpc) is 2.59. The van der Waals surface area contributed by atoms with Crippen LogP contribution in [0.3, 0.4) is 0 Å². The number of likely N-dealkylation sites (N-methyl/N-ethyl adjacent to an activating group) is 1. The summed E-state index contributed by atoms with van der Waals surface area (Å²) in [6.45, 7) is 6.83. The minimum absolute atomic E-state index is 0.475. The summed E-state index contributed by atoms with van der Waals surface area (Å²) in [5.41, 5.74) is 0. The molecule has 0 saturated heterocycles. The molecular weight excluding hydrogens is 320 g/mol. The van der Waals surface area contributed by atoms with E-state index in [1.165, 1.54) is 4.90 Å². The van der Waals surface area contributed by atoms with E-state index in [9.17, 15) is 0 Å². The Morgan fingerprint density at radius 3 is 2.67 bits per heavy atom. The fourth-order valence-corrected chi connectivity index (χ4v) is 3.14. The summed E-state index contributed by atoms with van der Waals surface area (Å²) in [7, 11) is 5.69. The van der Waals surface area contributed by atoms with E-state index in [1.807, 2.05) is 24.9 Å². The molecule has 2 N–H and O–H groups in total. The Labute approximate surface area is 151 Å². The molecule has 0 aromatic heterocycles. The van der Waals surface area contributed by atoms with Crippen molar-refractivity contribution in [2.75, 3.05) is 54.0 Å². The molecule has 1 unspecified atom stereocenters. The van der Waals surface area contributed by atoms with Crippen LogP contribution in [-0.4, -0.2) is 70.1 Å². The van der Waals surface area contributed by atoms with Crippen molar-refractivity contribution >= 4 is 17.7 Å². The topological polar surface area (TPSA) is 48.9 Å². The highest BCUT2D eigenvalue weighted by molar-refractivity contribution is 8.00. The van der Waals surface area contributed by atoms with Crippen LogP contribution in [0.2, 0.25) is 0 Å². The smallest absolute Gasteiger partial charge is 0.191 e. The van der Waals surface area contributed by atoms with Gasteiger partial charge in [0.2, 0.25) is 0 Å². The molecule has 0 amide bonds. The second-order valence-corrected chi connectivity index (χ2v) is 7.28. The van der Waals surface area contributed by atoms with Gasteiger partial charge in [-0.2, -0.15) is 0 Å². The molecule has 136 valence electrons. The van der Waals surface area contributed by atoms with Crippen molar-refractivity contribution in [1.29, 1.82) is 0 Å². The van der Waals surface area contributed by atoms with Crippen LogP contribution in [0.4, 0.5) is 0 Å². The minimum Gasteiger partial charge on any atom is -0.385 e. The van der Waals surface area contributed by atoms with Gasteiger partial charge in [0.1, 0.15) is 0 Å². The van der Waals surface area contributed by atoms with Crippen LogP contribution in [-0.2, 0) is 4.74 Å². The van der Waals surface area contributed by atoms with Crippen LogP contribution >= 0.6 is 11.8 Å². The van der Waals surface area contributed by atoms with E-state index in [1.54, 1.807) is 7.11 Å². The number of methoxy groups -OCH3 is 1. The van der Waals surface area contributed by atoms with Crippen LogP contribution in [0.15, 0.2) is 40.2 Å². The van der Waals surface area contributed by atoms with E-state index in [0.717, 1.165) is 45.2 Å². The second-order valence-electron chi connectivity index (χ2n) is 5.77. The van der Waals surface area contributed by atoms with Gasteiger partial charge in [-0.3, -0.25) is 4.99 Å². The molecule has 6 heteroatoms. The van der Waals surface area contributed by atoms with E-state index in [-0.39, 0.29) is 0 Å². The maximum atomic E-state index is 5.08. The third-order valence-corrected chi connectivity index (χ3v) is 4.65. The number of thioether (sulfide) groups is 1. The standard InChI is InChI=1S/C18H32N4OS/c1-16(24-17-9-6-5-7-10-17)15-21-18(19-2)20-11-13-22(3)12-8-14-23-4/h5-7,9-10,16H,8,11-15H2,1-4H3,(H2,19,20,21). The quantitative estimate of drug-likeness (QED) is 0.277. The molecule has 0 spiro atoms. The summed E-state index contributed by atoms with van der Waals surface area (Å²) in [5.74, 6) is 0.862. The largest absolute Gasteiger partial charge is 0.385 e. The van der Waals surface area contributed by atoms with Crippen molar-refractivity contribution < 1.29 is 4.74 Å². The first-order chi connectivity index (χ1) is 11.7. The number of aliphatic imine (C=N–C) groups is 1. The summed E-state index contributed by atoms with van der Waals surface area (Å²) >= 11 is 1.87. The molecular formula is C18H32N4OS. The lowest BCUT2D eigenvalue weighted by Gasteiger charge is -2.19. The van der Waals surface area contributed by atoms with Gasteiger partial charge in [-0.1, -0.05) is 25.1 Å². The molecule has 1 rings (SSSR count). The first kappa shape index (κ1) is 20.8. The molecule has 1 atom stereocenters. The lowest BCUT2D eigenvalue weighted by atomic mass is 10.4. The van der Waals surface area contributed by atoms with Crippen LogP contribution in [0.25, 0.3) is 0 Å². The van der Waals surface area contributed by atoms with Crippen molar-refractivity contribution in [2.45, 2.75) is 23.5 Å². The third kappa shape index (κ3) is 9.80. The van der Waals surface area contributed by atoms with Crippen molar-refractivity contribution in [3.8, 4) is 0 Å². The Morgan fingerprint density at radius 1 is 1.25 bits per heavy atom. The molecule has 0 radical (unpaired) electrons. The molecule has 5 nitrogen and oxygen atoms in total. The lowest BCUT2D eigenvalue weighted by molar-refractivity contribution is 0.180. The number of hydrogen-bond acceptors (Lipinski definition) is 4. The average molecular weight is 353 g/mol. The Bertz CT molecular complexity index is 456. The van der Waals surface area contributed by atoms with E-state index in [4.69, 9.17) is 4.74 Å². The molecule has 0 aliphatic carbocycles. The Morgan fingerprint density at radius 2 is 2.00 bits per heavy atom. The molecule has 1 aromatic rings. The first-order valence-corrected chi connectivity index (χ1v) is 9.37.